The lowest BCUT2D eigenvalue weighted by molar-refractivity contribution is -0.121. The van der Waals surface area contributed by atoms with Crippen LogP contribution >= 0.6 is 0 Å². The van der Waals surface area contributed by atoms with Crippen molar-refractivity contribution in [1.29, 1.82) is 0 Å². The summed E-state index contributed by atoms with van der Waals surface area (Å²) in [5.74, 6) is -0.0820. The molecule has 1 atom stereocenters. The molecule has 0 bridgehead atoms. The molecule has 1 aliphatic heterocycles. The zero-order valence-electron chi connectivity index (χ0n) is 20.0. The predicted octanol–water partition coefficient (Wildman–Crippen LogP) is 6.57. The van der Waals surface area contributed by atoms with Crippen molar-refractivity contribution in [2.45, 2.75) is 45.6 Å². The molecule has 5 heteroatoms. The van der Waals surface area contributed by atoms with Crippen molar-refractivity contribution >= 4 is 17.4 Å². The first-order valence-corrected chi connectivity index (χ1v) is 11.9. The Labute approximate surface area is 205 Å². The molecule has 1 amide bonds. The van der Waals surface area contributed by atoms with Gasteiger partial charge >= 0.3 is 0 Å². The lowest BCUT2D eigenvalue weighted by Crippen LogP contribution is -2.43. The summed E-state index contributed by atoms with van der Waals surface area (Å²) in [6, 6.07) is 23.6. The molecule has 0 saturated carbocycles. The molecule has 0 radical (unpaired) electrons. The van der Waals surface area contributed by atoms with Gasteiger partial charge in [0.15, 0.2) is 5.78 Å². The highest BCUT2D eigenvalue weighted by molar-refractivity contribution is 6.07. The highest BCUT2D eigenvalue weighted by Crippen LogP contribution is 2.48. The second kappa shape index (κ2) is 9.14. The summed E-state index contributed by atoms with van der Waals surface area (Å²) in [6.45, 7) is 4.53. The van der Waals surface area contributed by atoms with Crippen LogP contribution in [0.1, 0.15) is 50.2 Å². The molecule has 5 rings (SSSR count). The Bertz CT molecular complexity index is 1290. The van der Waals surface area contributed by atoms with Crippen molar-refractivity contribution in [3.05, 3.63) is 107 Å². The number of halogens is 1. The number of allylic oxidation sites excluding steroid dienone is 2. The van der Waals surface area contributed by atoms with Crippen LogP contribution in [-0.4, -0.2) is 11.7 Å². The molecule has 4 nitrogen and oxygen atoms in total. The summed E-state index contributed by atoms with van der Waals surface area (Å²) in [7, 11) is 0. The van der Waals surface area contributed by atoms with Gasteiger partial charge in [0.05, 0.1) is 5.69 Å². The third-order valence-electron chi connectivity index (χ3n) is 6.74. The van der Waals surface area contributed by atoms with E-state index in [1.807, 2.05) is 68.4 Å². The first-order valence-electron chi connectivity index (χ1n) is 11.9. The molecule has 1 unspecified atom stereocenters. The Balaban J connectivity index is 1.48. The number of ketones is 1. The second-order valence-electron chi connectivity index (χ2n) is 10.1. The SMILES string of the molecule is CC1(C)CC(=O)C2=C(C1)N(c1cccc(F)c1)C(=O)CC2c1ccc(OCc2ccccc2)cc1. The molecule has 0 fully saturated rings. The summed E-state index contributed by atoms with van der Waals surface area (Å²) >= 11 is 0. The average molecular weight is 470 g/mol. The molecule has 2 aliphatic rings. The van der Waals surface area contributed by atoms with E-state index in [0.29, 0.717) is 36.4 Å². The van der Waals surface area contributed by atoms with Crippen LogP contribution in [0.5, 0.6) is 5.75 Å². The number of amides is 1. The number of Topliss-reactive ketones (excluding diaryl/α,β-unsaturated/α-hetero) is 1. The maximum absolute atomic E-state index is 14.0. The molecule has 0 aromatic heterocycles. The summed E-state index contributed by atoms with van der Waals surface area (Å²) in [6.07, 6.45) is 1.16. The van der Waals surface area contributed by atoms with Gasteiger partial charge in [-0.3, -0.25) is 14.5 Å². The quantitative estimate of drug-likeness (QED) is 0.425. The van der Waals surface area contributed by atoms with Crippen molar-refractivity contribution in [3.8, 4) is 5.75 Å². The molecule has 3 aromatic rings. The lowest BCUT2D eigenvalue weighted by atomic mass is 9.69. The monoisotopic (exact) mass is 469 g/mol. The van der Waals surface area contributed by atoms with Crippen LogP contribution in [-0.2, 0) is 16.2 Å². The normalized spacial score (nSPS) is 19.5. The van der Waals surface area contributed by atoms with Crippen molar-refractivity contribution in [2.24, 2.45) is 5.41 Å². The Morgan fingerprint density at radius 1 is 0.943 bits per heavy atom. The van der Waals surface area contributed by atoms with E-state index < -0.39 is 5.82 Å². The summed E-state index contributed by atoms with van der Waals surface area (Å²) < 4.78 is 19.9. The van der Waals surface area contributed by atoms with Crippen LogP contribution < -0.4 is 9.64 Å². The third-order valence-corrected chi connectivity index (χ3v) is 6.74. The maximum atomic E-state index is 14.0. The average Bonchev–Trinajstić information content (AvgIpc) is 2.82. The number of carbonyl (C=O) groups is 2. The van der Waals surface area contributed by atoms with Crippen molar-refractivity contribution in [2.75, 3.05) is 4.90 Å². The van der Waals surface area contributed by atoms with Gasteiger partial charge in [0.1, 0.15) is 18.2 Å². The minimum absolute atomic E-state index is 0.0551. The standard InChI is InChI=1S/C30H28FNO3/c1-30(2)17-26-29(27(33)18-30)25(16-28(34)32(26)23-10-6-9-22(31)15-23)21-11-13-24(14-12-21)35-19-20-7-4-3-5-8-20/h3-15,25H,16-19H2,1-2H3. The van der Waals surface area contributed by atoms with Crippen molar-refractivity contribution < 1.29 is 18.7 Å². The first kappa shape index (κ1) is 23.0. The van der Waals surface area contributed by atoms with Gasteiger partial charge in [0.2, 0.25) is 5.91 Å². The maximum Gasteiger partial charge on any atom is 0.232 e. The van der Waals surface area contributed by atoms with Crippen molar-refractivity contribution in [3.63, 3.8) is 0 Å². The summed E-state index contributed by atoms with van der Waals surface area (Å²) in [4.78, 5) is 28.4. The van der Waals surface area contributed by atoms with Gasteiger partial charge in [-0.1, -0.05) is 62.4 Å². The van der Waals surface area contributed by atoms with E-state index >= 15 is 0 Å². The molecule has 0 saturated heterocycles. The van der Waals surface area contributed by atoms with Crippen LogP contribution in [0.4, 0.5) is 10.1 Å². The van der Waals surface area contributed by atoms with E-state index in [-0.39, 0.29) is 29.4 Å². The number of nitrogens with zero attached hydrogens (tertiary/aromatic N) is 1. The lowest BCUT2D eigenvalue weighted by Gasteiger charge is -2.43. The van der Waals surface area contributed by atoms with Crippen LogP contribution in [0.15, 0.2) is 90.1 Å². The van der Waals surface area contributed by atoms with E-state index in [4.69, 9.17) is 4.74 Å². The minimum Gasteiger partial charge on any atom is -0.489 e. The van der Waals surface area contributed by atoms with Gasteiger partial charge in [-0.05, 0) is 53.3 Å². The number of carbonyl (C=O) groups excluding carboxylic acids is 2. The Morgan fingerprint density at radius 3 is 2.40 bits per heavy atom. The van der Waals surface area contributed by atoms with E-state index in [1.54, 1.807) is 17.0 Å². The molecule has 0 N–H and O–H groups in total. The van der Waals surface area contributed by atoms with Gasteiger partial charge in [-0.25, -0.2) is 4.39 Å². The largest absolute Gasteiger partial charge is 0.489 e. The molecular formula is C30H28FNO3. The van der Waals surface area contributed by atoms with Crippen LogP contribution in [0.2, 0.25) is 0 Å². The van der Waals surface area contributed by atoms with Gasteiger partial charge < -0.3 is 4.74 Å². The van der Waals surface area contributed by atoms with Crippen LogP contribution in [0, 0.1) is 11.2 Å². The van der Waals surface area contributed by atoms with E-state index in [2.05, 4.69) is 0 Å². The third kappa shape index (κ3) is 4.76. The predicted molar refractivity (Wildman–Crippen MR) is 134 cm³/mol. The first-order chi connectivity index (χ1) is 16.8. The fourth-order valence-corrected chi connectivity index (χ4v) is 5.15. The zero-order valence-corrected chi connectivity index (χ0v) is 20.0. The fraction of sp³-hybridized carbons (Fsp3) is 0.267. The van der Waals surface area contributed by atoms with Gasteiger partial charge in [0.25, 0.3) is 0 Å². The number of hydrogen-bond donors (Lipinski definition) is 0. The molecule has 178 valence electrons. The smallest absolute Gasteiger partial charge is 0.232 e. The van der Waals surface area contributed by atoms with E-state index in [9.17, 15) is 14.0 Å². The highest BCUT2D eigenvalue weighted by atomic mass is 19.1. The fourth-order valence-electron chi connectivity index (χ4n) is 5.15. The van der Waals surface area contributed by atoms with Crippen LogP contribution in [0.3, 0.4) is 0 Å². The molecule has 0 spiro atoms. The van der Waals surface area contributed by atoms with Crippen LogP contribution in [0.25, 0.3) is 0 Å². The number of ether oxygens (including phenoxy) is 1. The zero-order chi connectivity index (χ0) is 24.6. The van der Waals surface area contributed by atoms with Crippen molar-refractivity contribution in [1.82, 2.24) is 0 Å². The van der Waals surface area contributed by atoms with Gasteiger partial charge in [-0.2, -0.15) is 0 Å². The number of anilines is 1. The Hall–Kier alpha value is -3.73. The second-order valence-corrected chi connectivity index (χ2v) is 10.1. The Morgan fingerprint density at radius 2 is 1.69 bits per heavy atom. The number of rotatable bonds is 5. The van der Waals surface area contributed by atoms with Gasteiger partial charge in [0, 0.05) is 30.0 Å². The molecule has 1 aliphatic carbocycles. The van der Waals surface area contributed by atoms with E-state index in [0.717, 1.165) is 16.9 Å². The summed E-state index contributed by atoms with van der Waals surface area (Å²) in [5.41, 5.74) is 3.55. The number of benzene rings is 3. The molecule has 3 aromatic carbocycles. The Kier molecular flexibility index (Phi) is 6.01. The van der Waals surface area contributed by atoms with E-state index in [1.165, 1.54) is 12.1 Å². The van der Waals surface area contributed by atoms with Gasteiger partial charge in [-0.15, -0.1) is 0 Å². The topological polar surface area (TPSA) is 46.6 Å². The molecule has 35 heavy (non-hydrogen) atoms. The highest BCUT2D eigenvalue weighted by Gasteiger charge is 2.44. The summed E-state index contributed by atoms with van der Waals surface area (Å²) in [5, 5.41) is 0. The molecular weight excluding hydrogens is 441 g/mol. The number of hydrogen-bond acceptors (Lipinski definition) is 3. The minimum atomic E-state index is -0.410. The molecule has 1 heterocycles.